The quantitative estimate of drug-likeness (QED) is 0.858. The lowest BCUT2D eigenvalue weighted by atomic mass is 10.1. The Labute approximate surface area is 129 Å². The van der Waals surface area contributed by atoms with Crippen LogP contribution in [0, 0.1) is 12.7 Å². The van der Waals surface area contributed by atoms with E-state index in [1.165, 1.54) is 6.07 Å². The van der Waals surface area contributed by atoms with Crippen LogP contribution in [0.4, 0.5) is 4.39 Å². The van der Waals surface area contributed by atoms with Gasteiger partial charge in [-0.2, -0.15) is 0 Å². The molecule has 1 atom stereocenters. The van der Waals surface area contributed by atoms with E-state index in [0.29, 0.717) is 30.6 Å². The average molecular weight is 304 g/mol. The lowest BCUT2D eigenvalue weighted by molar-refractivity contribution is -0.121. The molecule has 0 aliphatic carbocycles. The van der Waals surface area contributed by atoms with Crippen LogP contribution in [-0.2, 0) is 11.3 Å². The highest BCUT2D eigenvalue weighted by Gasteiger charge is 2.09. The molecule has 1 amide bonds. The molecule has 0 fully saturated rings. The number of hydrogen-bond acceptors (Lipinski definition) is 3. The number of rotatable bonds is 6. The fraction of sp³-hybridized carbons (Fsp3) is 0.375. The van der Waals surface area contributed by atoms with Gasteiger partial charge in [0, 0.05) is 31.4 Å². The van der Waals surface area contributed by atoms with E-state index in [9.17, 15) is 9.18 Å². The van der Waals surface area contributed by atoms with Gasteiger partial charge in [-0.05, 0) is 38.0 Å². The number of nitrogens with two attached hydrogens (primary N) is 1. The van der Waals surface area contributed by atoms with E-state index >= 15 is 0 Å². The topological polar surface area (TPSA) is 72.9 Å². The van der Waals surface area contributed by atoms with Gasteiger partial charge in [0.2, 0.25) is 5.91 Å². The number of hydrogen-bond donors (Lipinski definition) is 2. The average Bonchev–Trinajstić information content (AvgIpc) is 2.89. The largest absolute Gasteiger partial charge is 0.352 e. The molecule has 0 saturated carbocycles. The zero-order chi connectivity index (χ0) is 16.1. The highest BCUT2D eigenvalue weighted by Crippen LogP contribution is 2.16. The van der Waals surface area contributed by atoms with Crippen LogP contribution in [0.3, 0.4) is 0 Å². The molecule has 0 saturated heterocycles. The molecule has 2 rings (SSSR count). The van der Waals surface area contributed by atoms with Gasteiger partial charge < -0.3 is 15.6 Å². The maximum absolute atomic E-state index is 14.2. The third-order valence-corrected chi connectivity index (χ3v) is 3.41. The summed E-state index contributed by atoms with van der Waals surface area (Å²) in [6.45, 7) is 3.98. The first-order chi connectivity index (χ1) is 10.5. The Balaban J connectivity index is 1.98. The van der Waals surface area contributed by atoms with Crippen molar-refractivity contribution in [3.05, 3.63) is 47.8 Å². The van der Waals surface area contributed by atoms with Crippen molar-refractivity contribution in [2.45, 2.75) is 39.3 Å². The zero-order valence-electron chi connectivity index (χ0n) is 12.8. The number of nitrogens with zero attached hydrogens (tertiary/aromatic N) is 2. The van der Waals surface area contributed by atoms with Crippen LogP contribution in [0.15, 0.2) is 30.6 Å². The molecular weight excluding hydrogens is 283 g/mol. The lowest BCUT2D eigenvalue weighted by Crippen LogP contribution is -2.25. The third kappa shape index (κ3) is 4.14. The molecule has 0 bridgehead atoms. The maximum Gasteiger partial charge on any atom is 0.220 e. The van der Waals surface area contributed by atoms with E-state index in [4.69, 9.17) is 5.73 Å². The fourth-order valence-corrected chi connectivity index (χ4v) is 2.14. The second-order valence-corrected chi connectivity index (χ2v) is 5.42. The van der Waals surface area contributed by atoms with Crippen LogP contribution >= 0.6 is 0 Å². The fourth-order valence-electron chi connectivity index (χ4n) is 2.14. The van der Waals surface area contributed by atoms with Crippen molar-refractivity contribution >= 4 is 5.91 Å². The molecule has 22 heavy (non-hydrogen) atoms. The summed E-state index contributed by atoms with van der Waals surface area (Å²) in [7, 11) is 0. The van der Waals surface area contributed by atoms with Crippen molar-refractivity contribution in [2.24, 2.45) is 5.73 Å². The lowest BCUT2D eigenvalue weighted by Gasteiger charge is -2.10. The van der Waals surface area contributed by atoms with E-state index < -0.39 is 0 Å². The summed E-state index contributed by atoms with van der Waals surface area (Å²) >= 11 is 0. The summed E-state index contributed by atoms with van der Waals surface area (Å²) in [4.78, 5) is 15.7. The molecule has 6 heteroatoms. The van der Waals surface area contributed by atoms with Crippen LogP contribution in [0.1, 0.15) is 31.2 Å². The Kier molecular flexibility index (Phi) is 5.27. The van der Waals surface area contributed by atoms with Crippen molar-refractivity contribution in [3.8, 4) is 5.69 Å². The molecule has 1 heterocycles. The van der Waals surface area contributed by atoms with Gasteiger partial charge in [-0.1, -0.05) is 6.07 Å². The summed E-state index contributed by atoms with van der Waals surface area (Å²) in [5.41, 5.74) is 6.77. The van der Waals surface area contributed by atoms with Crippen molar-refractivity contribution in [1.82, 2.24) is 14.9 Å². The van der Waals surface area contributed by atoms with E-state index in [1.54, 1.807) is 29.1 Å². The monoisotopic (exact) mass is 304 g/mol. The number of imidazole rings is 1. The number of halogens is 1. The predicted octanol–water partition coefficient (Wildman–Crippen LogP) is 2.06. The molecule has 1 aromatic carbocycles. The Morgan fingerprint density at radius 1 is 1.50 bits per heavy atom. The minimum atomic E-state index is -0.344. The number of carbonyl (C=O) groups is 1. The first-order valence-electron chi connectivity index (χ1n) is 7.28. The van der Waals surface area contributed by atoms with Gasteiger partial charge in [-0.25, -0.2) is 9.37 Å². The van der Waals surface area contributed by atoms with Crippen LogP contribution < -0.4 is 11.1 Å². The molecule has 5 nitrogen and oxygen atoms in total. The first-order valence-corrected chi connectivity index (χ1v) is 7.28. The SMILES string of the molecule is Cc1nccn1-c1ccc(CNC(=O)CCC(C)N)cc1F. The summed E-state index contributed by atoms with van der Waals surface area (Å²) in [6, 6.07) is 4.92. The second kappa shape index (κ2) is 7.17. The normalized spacial score (nSPS) is 12.2. The van der Waals surface area contributed by atoms with Crippen molar-refractivity contribution < 1.29 is 9.18 Å². The minimum Gasteiger partial charge on any atom is -0.352 e. The van der Waals surface area contributed by atoms with Crippen molar-refractivity contribution in [3.63, 3.8) is 0 Å². The Morgan fingerprint density at radius 3 is 2.86 bits per heavy atom. The number of amides is 1. The molecule has 1 aromatic heterocycles. The van der Waals surface area contributed by atoms with Gasteiger partial charge in [0.15, 0.2) is 0 Å². The first kappa shape index (κ1) is 16.2. The smallest absolute Gasteiger partial charge is 0.220 e. The van der Waals surface area contributed by atoms with Crippen LogP contribution in [0.25, 0.3) is 5.69 Å². The molecule has 0 spiro atoms. The minimum absolute atomic E-state index is 0.000831. The maximum atomic E-state index is 14.2. The van der Waals surface area contributed by atoms with Gasteiger partial charge in [-0.15, -0.1) is 0 Å². The number of aromatic nitrogens is 2. The zero-order valence-corrected chi connectivity index (χ0v) is 12.8. The molecule has 0 radical (unpaired) electrons. The van der Waals surface area contributed by atoms with Gasteiger partial charge in [-0.3, -0.25) is 4.79 Å². The molecule has 1 unspecified atom stereocenters. The molecular formula is C16H21FN4O. The van der Waals surface area contributed by atoms with Crippen molar-refractivity contribution in [2.75, 3.05) is 0 Å². The summed E-state index contributed by atoms with van der Waals surface area (Å²) in [5, 5.41) is 2.77. The summed E-state index contributed by atoms with van der Waals surface area (Å²) in [6.07, 6.45) is 4.36. The van der Waals surface area contributed by atoms with Crippen molar-refractivity contribution in [1.29, 1.82) is 0 Å². The van der Waals surface area contributed by atoms with Crippen LogP contribution in [-0.4, -0.2) is 21.5 Å². The highest BCUT2D eigenvalue weighted by molar-refractivity contribution is 5.75. The van der Waals surface area contributed by atoms with Gasteiger partial charge in [0.1, 0.15) is 11.6 Å². The summed E-state index contributed by atoms with van der Waals surface area (Å²) in [5.74, 6) is 0.298. The number of benzene rings is 1. The van der Waals surface area contributed by atoms with E-state index in [1.807, 2.05) is 13.8 Å². The van der Waals surface area contributed by atoms with Gasteiger partial charge in [0.05, 0.1) is 5.69 Å². The Bertz CT molecular complexity index is 651. The molecule has 118 valence electrons. The van der Waals surface area contributed by atoms with Crippen LogP contribution in [0.2, 0.25) is 0 Å². The molecule has 3 N–H and O–H groups in total. The Morgan fingerprint density at radius 2 is 2.27 bits per heavy atom. The third-order valence-electron chi connectivity index (χ3n) is 3.41. The molecule has 0 aliphatic rings. The Hall–Kier alpha value is -2.21. The standard InChI is InChI=1S/C16H21FN4O/c1-11(18)3-6-16(22)20-10-13-4-5-15(14(17)9-13)21-8-7-19-12(21)2/h4-5,7-9,11H,3,6,10,18H2,1-2H3,(H,20,22). The predicted molar refractivity (Wildman–Crippen MR) is 83.0 cm³/mol. The van der Waals surface area contributed by atoms with Gasteiger partial charge >= 0.3 is 0 Å². The molecule has 0 aliphatic heterocycles. The number of nitrogens with one attached hydrogen (secondary N) is 1. The van der Waals surface area contributed by atoms with E-state index in [2.05, 4.69) is 10.3 Å². The summed E-state index contributed by atoms with van der Waals surface area (Å²) < 4.78 is 15.9. The number of carbonyl (C=O) groups excluding carboxylic acids is 1. The van der Waals surface area contributed by atoms with E-state index in [0.717, 1.165) is 5.82 Å². The van der Waals surface area contributed by atoms with Crippen LogP contribution in [0.5, 0.6) is 0 Å². The second-order valence-electron chi connectivity index (χ2n) is 5.42. The number of aryl methyl sites for hydroxylation is 1. The van der Waals surface area contributed by atoms with Gasteiger partial charge in [0.25, 0.3) is 0 Å². The highest BCUT2D eigenvalue weighted by atomic mass is 19.1. The van der Waals surface area contributed by atoms with E-state index in [-0.39, 0.29) is 17.8 Å². The molecule has 2 aromatic rings.